The number of amides is 2. The monoisotopic (exact) mass is 296 g/mol. The SMILES string of the molecule is CCC(=O)N(Cc1ccc(Cl)cc1)[C@H](CC)C(=O)NC. The zero-order chi connectivity index (χ0) is 15.1. The largest absolute Gasteiger partial charge is 0.357 e. The first-order chi connectivity index (χ1) is 9.53. The summed E-state index contributed by atoms with van der Waals surface area (Å²) in [4.78, 5) is 25.7. The van der Waals surface area contributed by atoms with Crippen LogP contribution in [0.15, 0.2) is 24.3 Å². The van der Waals surface area contributed by atoms with E-state index in [-0.39, 0.29) is 11.8 Å². The molecule has 0 saturated heterocycles. The Morgan fingerprint density at radius 3 is 2.30 bits per heavy atom. The van der Waals surface area contributed by atoms with Crippen LogP contribution in [0.4, 0.5) is 0 Å². The molecule has 1 rings (SSSR count). The lowest BCUT2D eigenvalue weighted by molar-refractivity contribution is -0.141. The highest BCUT2D eigenvalue weighted by atomic mass is 35.5. The van der Waals surface area contributed by atoms with Crippen molar-refractivity contribution in [3.05, 3.63) is 34.9 Å². The molecule has 20 heavy (non-hydrogen) atoms. The lowest BCUT2D eigenvalue weighted by atomic mass is 10.1. The van der Waals surface area contributed by atoms with E-state index in [0.717, 1.165) is 5.56 Å². The van der Waals surface area contributed by atoms with Crippen LogP contribution in [0.25, 0.3) is 0 Å². The number of hydrogen-bond donors (Lipinski definition) is 1. The minimum atomic E-state index is -0.442. The van der Waals surface area contributed by atoms with Crippen molar-refractivity contribution in [1.82, 2.24) is 10.2 Å². The van der Waals surface area contributed by atoms with E-state index in [1.54, 1.807) is 31.0 Å². The third-order valence-electron chi connectivity index (χ3n) is 3.20. The summed E-state index contributed by atoms with van der Waals surface area (Å²) in [6, 6.07) is 6.87. The van der Waals surface area contributed by atoms with Crippen molar-refractivity contribution in [1.29, 1.82) is 0 Å². The maximum Gasteiger partial charge on any atom is 0.242 e. The van der Waals surface area contributed by atoms with E-state index in [4.69, 9.17) is 11.6 Å². The highest BCUT2D eigenvalue weighted by Gasteiger charge is 2.26. The number of rotatable bonds is 6. The quantitative estimate of drug-likeness (QED) is 0.877. The minimum absolute atomic E-state index is 0.0320. The Hall–Kier alpha value is -1.55. The molecular formula is C15H21ClN2O2. The van der Waals surface area contributed by atoms with Crippen LogP contribution < -0.4 is 5.32 Å². The van der Waals surface area contributed by atoms with Crippen LogP contribution in [0.1, 0.15) is 32.3 Å². The molecule has 0 radical (unpaired) electrons. The van der Waals surface area contributed by atoms with Gasteiger partial charge in [0.1, 0.15) is 6.04 Å². The Kier molecular flexibility index (Phi) is 6.52. The smallest absolute Gasteiger partial charge is 0.242 e. The molecule has 0 aliphatic carbocycles. The molecule has 0 aliphatic heterocycles. The molecule has 0 heterocycles. The second-order valence-corrected chi connectivity index (χ2v) is 4.98. The number of nitrogens with one attached hydrogen (secondary N) is 1. The van der Waals surface area contributed by atoms with Crippen LogP contribution in [-0.4, -0.2) is 29.8 Å². The number of hydrogen-bond acceptors (Lipinski definition) is 2. The lowest BCUT2D eigenvalue weighted by Gasteiger charge is -2.30. The third kappa shape index (κ3) is 4.23. The van der Waals surface area contributed by atoms with Gasteiger partial charge in [0.05, 0.1) is 0 Å². The Balaban J connectivity index is 2.96. The molecule has 1 aromatic rings. The van der Waals surface area contributed by atoms with Gasteiger partial charge in [0.25, 0.3) is 0 Å². The summed E-state index contributed by atoms with van der Waals surface area (Å²) < 4.78 is 0. The topological polar surface area (TPSA) is 49.4 Å². The predicted octanol–water partition coefficient (Wildman–Crippen LogP) is 2.60. The van der Waals surface area contributed by atoms with Crippen LogP contribution in [0.2, 0.25) is 5.02 Å². The van der Waals surface area contributed by atoms with Gasteiger partial charge in [0.2, 0.25) is 11.8 Å². The number of carbonyl (C=O) groups is 2. The Bertz CT molecular complexity index is 459. The van der Waals surface area contributed by atoms with Crippen molar-refractivity contribution in [2.75, 3.05) is 7.05 Å². The van der Waals surface area contributed by atoms with Crippen molar-refractivity contribution in [2.24, 2.45) is 0 Å². The molecule has 0 aromatic heterocycles. The van der Waals surface area contributed by atoms with Crippen LogP contribution in [-0.2, 0) is 16.1 Å². The van der Waals surface area contributed by atoms with Gasteiger partial charge >= 0.3 is 0 Å². The minimum Gasteiger partial charge on any atom is -0.357 e. The molecule has 0 bridgehead atoms. The molecular weight excluding hydrogens is 276 g/mol. The molecule has 1 N–H and O–H groups in total. The van der Waals surface area contributed by atoms with Gasteiger partial charge in [-0.1, -0.05) is 37.6 Å². The molecule has 1 atom stereocenters. The molecule has 0 unspecified atom stereocenters. The second-order valence-electron chi connectivity index (χ2n) is 4.54. The first-order valence-corrected chi connectivity index (χ1v) is 7.16. The van der Waals surface area contributed by atoms with E-state index in [9.17, 15) is 9.59 Å². The Morgan fingerprint density at radius 1 is 1.25 bits per heavy atom. The summed E-state index contributed by atoms with van der Waals surface area (Å²) in [5.74, 6) is -0.168. The second kappa shape index (κ2) is 7.90. The highest BCUT2D eigenvalue weighted by molar-refractivity contribution is 6.30. The van der Waals surface area contributed by atoms with Gasteiger partial charge in [0, 0.05) is 25.0 Å². The average molecular weight is 297 g/mol. The summed E-state index contributed by atoms with van der Waals surface area (Å²) in [5, 5.41) is 3.27. The fraction of sp³-hybridized carbons (Fsp3) is 0.467. The molecule has 1 aromatic carbocycles. The molecule has 0 aliphatic rings. The van der Waals surface area contributed by atoms with E-state index in [2.05, 4.69) is 5.32 Å². The van der Waals surface area contributed by atoms with Crippen LogP contribution in [0.3, 0.4) is 0 Å². The zero-order valence-electron chi connectivity index (χ0n) is 12.1. The summed E-state index contributed by atoms with van der Waals surface area (Å²) in [6.07, 6.45) is 0.958. The molecule has 5 heteroatoms. The molecule has 0 saturated carbocycles. The number of likely N-dealkylation sites (N-methyl/N-ethyl adjacent to an activating group) is 1. The van der Waals surface area contributed by atoms with E-state index >= 15 is 0 Å². The van der Waals surface area contributed by atoms with Crippen LogP contribution in [0, 0.1) is 0 Å². The highest BCUT2D eigenvalue weighted by Crippen LogP contribution is 2.15. The first kappa shape index (κ1) is 16.5. The summed E-state index contributed by atoms with van der Waals surface area (Å²) in [7, 11) is 1.59. The van der Waals surface area contributed by atoms with Crippen molar-refractivity contribution < 1.29 is 9.59 Å². The van der Waals surface area contributed by atoms with Gasteiger partial charge in [-0.15, -0.1) is 0 Å². The van der Waals surface area contributed by atoms with Crippen LogP contribution in [0.5, 0.6) is 0 Å². The Labute approximate surface area is 125 Å². The normalized spacial score (nSPS) is 11.8. The third-order valence-corrected chi connectivity index (χ3v) is 3.45. The Morgan fingerprint density at radius 2 is 1.85 bits per heavy atom. The van der Waals surface area contributed by atoms with Gasteiger partial charge in [-0.2, -0.15) is 0 Å². The average Bonchev–Trinajstić information content (AvgIpc) is 2.47. The molecule has 0 spiro atoms. The maximum absolute atomic E-state index is 12.1. The fourth-order valence-corrected chi connectivity index (χ4v) is 2.20. The van der Waals surface area contributed by atoms with Crippen molar-refractivity contribution >= 4 is 23.4 Å². The van der Waals surface area contributed by atoms with E-state index in [1.807, 2.05) is 19.1 Å². The summed E-state index contributed by atoms with van der Waals surface area (Å²) in [5.41, 5.74) is 0.957. The van der Waals surface area contributed by atoms with Gasteiger partial charge in [-0.05, 0) is 24.1 Å². The van der Waals surface area contributed by atoms with Gasteiger partial charge < -0.3 is 10.2 Å². The van der Waals surface area contributed by atoms with Crippen molar-refractivity contribution in [3.63, 3.8) is 0 Å². The van der Waals surface area contributed by atoms with Crippen LogP contribution >= 0.6 is 11.6 Å². The molecule has 110 valence electrons. The number of halogens is 1. The van der Waals surface area contributed by atoms with Gasteiger partial charge in [0.15, 0.2) is 0 Å². The number of benzene rings is 1. The zero-order valence-corrected chi connectivity index (χ0v) is 12.9. The number of nitrogens with zero attached hydrogens (tertiary/aromatic N) is 1. The van der Waals surface area contributed by atoms with Gasteiger partial charge in [-0.3, -0.25) is 9.59 Å². The lowest BCUT2D eigenvalue weighted by Crippen LogP contribution is -2.47. The van der Waals surface area contributed by atoms with Crippen molar-refractivity contribution in [2.45, 2.75) is 39.3 Å². The molecule has 4 nitrogen and oxygen atoms in total. The van der Waals surface area contributed by atoms with Gasteiger partial charge in [-0.25, -0.2) is 0 Å². The van der Waals surface area contributed by atoms with E-state index in [1.165, 1.54) is 0 Å². The summed E-state index contributed by atoms with van der Waals surface area (Å²) in [6.45, 7) is 4.11. The maximum atomic E-state index is 12.1. The predicted molar refractivity (Wildman–Crippen MR) is 80.4 cm³/mol. The fourth-order valence-electron chi connectivity index (χ4n) is 2.08. The standard InChI is InChI=1S/C15H21ClN2O2/c1-4-13(15(20)17-3)18(14(19)5-2)10-11-6-8-12(16)9-7-11/h6-9,13H,4-5,10H2,1-3H3,(H,17,20)/t13-/m1/s1. The van der Waals surface area contributed by atoms with E-state index < -0.39 is 6.04 Å². The first-order valence-electron chi connectivity index (χ1n) is 6.78. The molecule has 2 amide bonds. The molecule has 0 fully saturated rings. The van der Waals surface area contributed by atoms with E-state index in [0.29, 0.717) is 24.4 Å². The number of carbonyl (C=O) groups excluding carboxylic acids is 2. The van der Waals surface area contributed by atoms with Crippen molar-refractivity contribution in [3.8, 4) is 0 Å². The summed E-state index contributed by atoms with van der Waals surface area (Å²) >= 11 is 5.86.